The third-order valence-electron chi connectivity index (χ3n) is 3.51. The van der Waals surface area contributed by atoms with E-state index < -0.39 is 5.82 Å². The average molecular weight is 375 g/mol. The van der Waals surface area contributed by atoms with Gasteiger partial charge in [-0.2, -0.15) is 4.98 Å². The fourth-order valence-corrected chi connectivity index (χ4v) is 2.50. The van der Waals surface area contributed by atoms with Crippen LogP contribution in [-0.4, -0.2) is 24.2 Å². The molecule has 0 fully saturated rings. The maximum absolute atomic E-state index is 13.8. The molecule has 0 atom stereocenters. The first-order valence-electron chi connectivity index (χ1n) is 7.64. The van der Waals surface area contributed by atoms with Crippen molar-refractivity contribution in [2.75, 3.05) is 24.9 Å². The van der Waals surface area contributed by atoms with Gasteiger partial charge in [-0.05, 0) is 18.2 Å². The molecule has 0 saturated carbocycles. The number of aromatic nitrogens is 2. The quantitative estimate of drug-likeness (QED) is 0.647. The molecule has 1 aromatic heterocycles. The molecular weight excluding hydrogens is 359 g/mol. The van der Waals surface area contributed by atoms with Crippen LogP contribution in [0.1, 0.15) is 0 Å². The van der Waals surface area contributed by atoms with E-state index in [4.69, 9.17) is 21.1 Å². The minimum Gasteiger partial charge on any atom is -0.495 e. The molecule has 1 heterocycles. The van der Waals surface area contributed by atoms with Crippen molar-refractivity contribution in [3.05, 3.63) is 59.5 Å². The van der Waals surface area contributed by atoms with Gasteiger partial charge in [0.05, 0.1) is 30.6 Å². The lowest BCUT2D eigenvalue weighted by molar-refractivity contribution is 0.405. The number of anilines is 4. The van der Waals surface area contributed by atoms with Crippen LogP contribution in [0.15, 0.2) is 48.7 Å². The van der Waals surface area contributed by atoms with Gasteiger partial charge in [-0.1, -0.05) is 23.7 Å². The van der Waals surface area contributed by atoms with Gasteiger partial charge in [0.25, 0.3) is 0 Å². The Morgan fingerprint density at radius 2 is 1.73 bits per heavy atom. The zero-order valence-electron chi connectivity index (χ0n) is 14.1. The molecule has 0 saturated heterocycles. The van der Waals surface area contributed by atoms with E-state index in [0.717, 1.165) is 0 Å². The molecule has 0 amide bonds. The number of para-hydroxylation sites is 1. The number of hydrogen-bond acceptors (Lipinski definition) is 6. The summed E-state index contributed by atoms with van der Waals surface area (Å²) in [6.07, 6.45) is 1.55. The second-order valence-corrected chi connectivity index (χ2v) is 5.59. The van der Waals surface area contributed by atoms with Crippen LogP contribution in [0.25, 0.3) is 0 Å². The molecule has 3 rings (SSSR count). The maximum atomic E-state index is 13.8. The van der Waals surface area contributed by atoms with Crippen molar-refractivity contribution in [2.45, 2.75) is 0 Å². The summed E-state index contributed by atoms with van der Waals surface area (Å²) in [5.74, 6) is 1.37. The number of methoxy groups -OCH3 is 2. The molecule has 2 aromatic carbocycles. The normalized spacial score (nSPS) is 10.3. The number of rotatable bonds is 6. The first-order chi connectivity index (χ1) is 12.6. The Balaban J connectivity index is 1.86. The summed E-state index contributed by atoms with van der Waals surface area (Å²) in [6, 6.07) is 11.3. The van der Waals surface area contributed by atoms with Crippen molar-refractivity contribution in [1.29, 1.82) is 0 Å². The lowest BCUT2D eigenvalue weighted by Crippen LogP contribution is -2.02. The molecule has 0 bridgehead atoms. The molecule has 0 aliphatic heterocycles. The fourth-order valence-electron chi connectivity index (χ4n) is 2.27. The lowest BCUT2D eigenvalue weighted by Gasteiger charge is -2.14. The van der Waals surface area contributed by atoms with E-state index in [0.29, 0.717) is 28.0 Å². The van der Waals surface area contributed by atoms with Crippen LogP contribution in [0.2, 0.25) is 5.02 Å². The summed E-state index contributed by atoms with van der Waals surface area (Å²) in [7, 11) is 3.06. The van der Waals surface area contributed by atoms with Gasteiger partial charge in [-0.15, -0.1) is 0 Å². The highest BCUT2D eigenvalue weighted by Crippen LogP contribution is 2.37. The van der Waals surface area contributed by atoms with Gasteiger partial charge in [0, 0.05) is 18.3 Å². The van der Waals surface area contributed by atoms with Crippen LogP contribution in [0.4, 0.5) is 27.5 Å². The van der Waals surface area contributed by atoms with Crippen LogP contribution in [0.3, 0.4) is 0 Å². The highest BCUT2D eigenvalue weighted by molar-refractivity contribution is 6.32. The standard InChI is InChI=1S/C18H16ClFN4O2/c1-25-15-10-14(16(26-2)9-11(15)19)22-17-7-8-21-18(24-17)23-13-6-4-3-5-12(13)20/h3-10H,1-2H3,(H2,21,22,23,24). The Bertz CT molecular complexity index is 923. The van der Waals surface area contributed by atoms with E-state index in [1.807, 2.05) is 0 Å². The predicted octanol–water partition coefficient (Wildman–Crippen LogP) is 4.77. The van der Waals surface area contributed by atoms with Gasteiger partial charge in [0.2, 0.25) is 5.95 Å². The van der Waals surface area contributed by atoms with Gasteiger partial charge < -0.3 is 20.1 Å². The molecule has 26 heavy (non-hydrogen) atoms. The summed E-state index contributed by atoms with van der Waals surface area (Å²) in [5.41, 5.74) is 0.902. The van der Waals surface area contributed by atoms with Crippen LogP contribution >= 0.6 is 11.6 Å². The first kappa shape index (κ1) is 17.8. The SMILES string of the molecule is COc1cc(Nc2ccnc(Nc3ccccc3F)n2)c(OC)cc1Cl. The highest BCUT2D eigenvalue weighted by Gasteiger charge is 2.11. The lowest BCUT2D eigenvalue weighted by atomic mass is 10.2. The van der Waals surface area contributed by atoms with Crippen LogP contribution in [0.5, 0.6) is 11.5 Å². The minimum atomic E-state index is -0.390. The van der Waals surface area contributed by atoms with E-state index in [9.17, 15) is 4.39 Å². The minimum absolute atomic E-state index is 0.250. The van der Waals surface area contributed by atoms with Crippen LogP contribution < -0.4 is 20.1 Å². The van der Waals surface area contributed by atoms with Crippen molar-refractivity contribution < 1.29 is 13.9 Å². The van der Waals surface area contributed by atoms with Gasteiger partial charge in [-0.25, -0.2) is 9.37 Å². The molecule has 0 aliphatic rings. The predicted molar refractivity (Wildman–Crippen MR) is 99.6 cm³/mol. The summed E-state index contributed by atoms with van der Waals surface area (Å²) < 4.78 is 24.3. The molecular formula is C18H16ClFN4O2. The number of nitrogens with one attached hydrogen (secondary N) is 2. The largest absolute Gasteiger partial charge is 0.495 e. The molecule has 134 valence electrons. The number of ether oxygens (including phenoxy) is 2. The number of halogens is 2. The fraction of sp³-hybridized carbons (Fsp3) is 0.111. The molecule has 6 nitrogen and oxygen atoms in total. The summed E-state index contributed by atoms with van der Waals surface area (Å²) in [4.78, 5) is 8.43. The Kier molecular flexibility index (Phi) is 5.38. The van der Waals surface area contributed by atoms with Crippen LogP contribution in [0, 0.1) is 5.82 Å². The average Bonchev–Trinajstić information content (AvgIpc) is 2.65. The maximum Gasteiger partial charge on any atom is 0.229 e. The zero-order valence-corrected chi connectivity index (χ0v) is 14.8. The third kappa shape index (κ3) is 3.94. The number of benzene rings is 2. The van der Waals surface area contributed by atoms with E-state index >= 15 is 0 Å². The highest BCUT2D eigenvalue weighted by atomic mass is 35.5. The number of hydrogen-bond donors (Lipinski definition) is 2. The zero-order chi connectivity index (χ0) is 18.5. The second kappa shape index (κ2) is 7.88. The van der Waals surface area contributed by atoms with Crippen LogP contribution in [-0.2, 0) is 0 Å². The smallest absolute Gasteiger partial charge is 0.229 e. The van der Waals surface area contributed by atoms with E-state index in [1.165, 1.54) is 20.3 Å². The van der Waals surface area contributed by atoms with Crippen molar-refractivity contribution in [3.63, 3.8) is 0 Å². The van der Waals surface area contributed by atoms with Gasteiger partial charge in [-0.3, -0.25) is 0 Å². The van der Waals surface area contributed by atoms with Gasteiger partial charge >= 0.3 is 0 Å². The third-order valence-corrected chi connectivity index (χ3v) is 3.81. The Morgan fingerprint density at radius 1 is 0.962 bits per heavy atom. The molecule has 0 spiro atoms. The Hall–Kier alpha value is -3.06. The van der Waals surface area contributed by atoms with Crippen molar-refractivity contribution >= 4 is 34.7 Å². The molecule has 2 N–H and O–H groups in total. The second-order valence-electron chi connectivity index (χ2n) is 5.18. The Morgan fingerprint density at radius 3 is 2.46 bits per heavy atom. The van der Waals surface area contributed by atoms with Gasteiger partial charge in [0.1, 0.15) is 23.1 Å². The molecule has 0 unspecified atom stereocenters. The first-order valence-corrected chi connectivity index (χ1v) is 8.01. The van der Waals surface area contributed by atoms with Crippen molar-refractivity contribution in [3.8, 4) is 11.5 Å². The summed E-state index contributed by atoms with van der Waals surface area (Å²) >= 11 is 6.11. The van der Waals surface area contributed by atoms with Crippen molar-refractivity contribution in [1.82, 2.24) is 9.97 Å². The monoisotopic (exact) mass is 374 g/mol. The van der Waals surface area contributed by atoms with Crippen molar-refractivity contribution in [2.24, 2.45) is 0 Å². The van der Waals surface area contributed by atoms with Gasteiger partial charge in [0.15, 0.2) is 0 Å². The Labute approximate surface area is 155 Å². The molecule has 8 heteroatoms. The van der Waals surface area contributed by atoms with E-state index in [2.05, 4.69) is 20.6 Å². The summed E-state index contributed by atoms with van der Waals surface area (Å²) in [6.45, 7) is 0. The molecule has 0 aliphatic carbocycles. The molecule has 0 radical (unpaired) electrons. The molecule has 3 aromatic rings. The summed E-state index contributed by atoms with van der Waals surface area (Å²) in [5, 5.41) is 6.39. The van der Waals surface area contributed by atoms with E-state index in [-0.39, 0.29) is 11.6 Å². The number of nitrogens with zero attached hydrogens (tertiary/aromatic N) is 2. The van der Waals surface area contributed by atoms with E-state index in [1.54, 1.807) is 42.6 Å². The topological polar surface area (TPSA) is 68.3 Å².